The molecule has 1 fully saturated rings. The summed E-state index contributed by atoms with van der Waals surface area (Å²) in [6.45, 7) is 3.79. The van der Waals surface area contributed by atoms with Crippen molar-refractivity contribution in [1.29, 1.82) is 0 Å². The molecule has 0 saturated carbocycles. The molecule has 6 nitrogen and oxygen atoms in total. The first-order chi connectivity index (χ1) is 15.1. The third kappa shape index (κ3) is 5.58. The highest BCUT2D eigenvalue weighted by Crippen LogP contribution is 2.26. The largest absolute Gasteiger partial charge is 0.496 e. The van der Waals surface area contributed by atoms with Gasteiger partial charge >= 0.3 is 0 Å². The van der Waals surface area contributed by atoms with Crippen LogP contribution in [0.5, 0.6) is 11.5 Å². The van der Waals surface area contributed by atoms with Gasteiger partial charge in [0.05, 0.1) is 26.0 Å². The molecule has 0 aliphatic carbocycles. The molecule has 31 heavy (non-hydrogen) atoms. The molecule has 3 aromatic rings. The number of hydrogen-bond donors (Lipinski definition) is 0. The number of morpholine rings is 1. The summed E-state index contributed by atoms with van der Waals surface area (Å²) in [5, 5.41) is 5.42. The Labute approximate surface area is 188 Å². The van der Waals surface area contributed by atoms with E-state index in [1.54, 1.807) is 7.11 Å². The summed E-state index contributed by atoms with van der Waals surface area (Å²) in [5.74, 6) is 1.74. The second kappa shape index (κ2) is 10.2. The minimum Gasteiger partial charge on any atom is -0.496 e. The van der Waals surface area contributed by atoms with Gasteiger partial charge in [-0.05, 0) is 36.4 Å². The van der Waals surface area contributed by atoms with Gasteiger partial charge < -0.3 is 14.2 Å². The Kier molecular flexibility index (Phi) is 7.12. The van der Waals surface area contributed by atoms with Gasteiger partial charge in [0.1, 0.15) is 17.6 Å². The lowest BCUT2D eigenvalue weighted by molar-refractivity contribution is -0.0353. The van der Waals surface area contributed by atoms with Crippen molar-refractivity contribution < 1.29 is 14.2 Å². The molecule has 1 aliphatic heterocycles. The zero-order valence-corrected chi connectivity index (χ0v) is 18.7. The van der Waals surface area contributed by atoms with Crippen molar-refractivity contribution in [1.82, 2.24) is 14.7 Å². The lowest BCUT2D eigenvalue weighted by Gasteiger charge is -2.32. The predicted molar refractivity (Wildman–Crippen MR) is 121 cm³/mol. The van der Waals surface area contributed by atoms with Gasteiger partial charge in [-0.1, -0.05) is 29.8 Å². The Morgan fingerprint density at radius 1 is 1.16 bits per heavy atom. The van der Waals surface area contributed by atoms with E-state index < -0.39 is 0 Å². The van der Waals surface area contributed by atoms with Crippen LogP contribution in [0.1, 0.15) is 23.1 Å². The maximum Gasteiger partial charge on any atom is 0.123 e. The summed E-state index contributed by atoms with van der Waals surface area (Å²) < 4.78 is 19.3. The minimum absolute atomic E-state index is 0.0411. The molecule has 7 heteroatoms. The van der Waals surface area contributed by atoms with Gasteiger partial charge in [0, 0.05) is 49.4 Å². The molecule has 2 aromatic carbocycles. The monoisotopic (exact) mass is 441 g/mol. The van der Waals surface area contributed by atoms with Gasteiger partial charge in [-0.3, -0.25) is 9.58 Å². The van der Waals surface area contributed by atoms with E-state index in [-0.39, 0.29) is 6.10 Å². The van der Waals surface area contributed by atoms with Crippen molar-refractivity contribution in [3.8, 4) is 11.5 Å². The molecule has 0 spiro atoms. The number of aromatic nitrogens is 2. The number of para-hydroxylation sites is 1. The number of hydrogen-bond acceptors (Lipinski definition) is 5. The number of benzene rings is 2. The average Bonchev–Trinajstić information content (AvgIpc) is 3.16. The van der Waals surface area contributed by atoms with Crippen molar-refractivity contribution in [2.45, 2.75) is 19.1 Å². The van der Waals surface area contributed by atoms with Crippen molar-refractivity contribution >= 4 is 11.6 Å². The summed E-state index contributed by atoms with van der Waals surface area (Å²) in [6, 6.07) is 17.7. The third-order valence-electron chi connectivity index (χ3n) is 5.50. The molecule has 0 unspecified atom stereocenters. The average molecular weight is 442 g/mol. The molecule has 0 N–H and O–H groups in total. The van der Waals surface area contributed by atoms with Gasteiger partial charge in [0.15, 0.2) is 0 Å². The van der Waals surface area contributed by atoms with Crippen LogP contribution in [0.3, 0.4) is 0 Å². The molecule has 4 rings (SSSR count). The highest BCUT2D eigenvalue weighted by Gasteiger charge is 2.25. The van der Waals surface area contributed by atoms with E-state index in [1.165, 1.54) is 5.56 Å². The number of methoxy groups -OCH3 is 1. The van der Waals surface area contributed by atoms with E-state index in [9.17, 15) is 0 Å². The first-order valence-corrected chi connectivity index (χ1v) is 10.9. The SMILES string of the molecule is COc1ccccc1CN1CCO[C@H](c2cc(CCOc3ccc(Cl)cc3)n(C)n2)C1. The zero-order valence-electron chi connectivity index (χ0n) is 18.0. The Bertz CT molecular complexity index is 990. The zero-order chi connectivity index (χ0) is 21.6. The fourth-order valence-electron chi connectivity index (χ4n) is 3.83. The van der Waals surface area contributed by atoms with Gasteiger partial charge in [-0.15, -0.1) is 0 Å². The van der Waals surface area contributed by atoms with Crippen LogP contribution in [0.2, 0.25) is 5.02 Å². The number of aryl methyl sites for hydroxylation is 1. The van der Waals surface area contributed by atoms with Gasteiger partial charge in [0.2, 0.25) is 0 Å². The molecule has 0 bridgehead atoms. The molecule has 1 aromatic heterocycles. The van der Waals surface area contributed by atoms with E-state index in [0.29, 0.717) is 18.2 Å². The second-order valence-corrected chi connectivity index (χ2v) is 8.08. The number of rotatable bonds is 8. The maximum absolute atomic E-state index is 6.05. The van der Waals surface area contributed by atoms with Crippen LogP contribution in [0.25, 0.3) is 0 Å². The van der Waals surface area contributed by atoms with Crippen molar-refractivity contribution in [3.63, 3.8) is 0 Å². The maximum atomic E-state index is 6.05. The van der Waals surface area contributed by atoms with E-state index in [4.69, 9.17) is 30.9 Å². The standard InChI is InChI=1S/C24H28ClN3O3/c1-27-20(11-13-30-21-9-7-19(25)8-10-21)15-22(26-27)24-17-28(12-14-31-24)16-18-5-3-4-6-23(18)29-2/h3-10,15,24H,11-14,16-17H2,1-2H3/t24-/m0/s1. The van der Waals surface area contributed by atoms with Crippen LogP contribution in [0.4, 0.5) is 0 Å². The first kappa shape index (κ1) is 21.7. The molecule has 2 heterocycles. The molecule has 1 atom stereocenters. The summed E-state index contributed by atoms with van der Waals surface area (Å²) in [7, 11) is 3.68. The Balaban J connectivity index is 1.35. The van der Waals surface area contributed by atoms with Crippen LogP contribution >= 0.6 is 11.6 Å². The lowest BCUT2D eigenvalue weighted by atomic mass is 10.1. The lowest BCUT2D eigenvalue weighted by Crippen LogP contribution is -2.38. The third-order valence-corrected chi connectivity index (χ3v) is 5.76. The Morgan fingerprint density at radius 3 is 2.77 bits per heavy atom. The highest BCUT2D eigenvalue weighted by molar-refractivity contribution is 6.30. The fourth-order valence-corrected chi connectivity index (χ4v) is 3.95. The molecular formula is C24H28ClN3O3. The quantitative estimate of drug-likeness (QED) is 0.522. The second-order valence-electron chi connectivity index (χ2n) is 7.64. The number of nitrogens with zero attached hydrogens (tertiary/aromatic N) is 3. The summed E-state index contributed by atoms with van der Waals surface area (Å²) in [4.78, 5) is 2.39. The number of halogens is 1. The Hall–Kier alpha value is -2.54. The fraction of sp³-hybridized carbons (Fsp3) is 0.375. The van der Waals surface area contributed by atoms with E-state index in [2.05, 4.69) is 17.0 Å². The van der Waals surface area contributed by atoms with E-state index in [1.807, 2.05) is 54.2 Å². The minimum atomic E-state index is -0.0411. The summed E-state index contributed by atoms with van der Waals surface area (Å²) in [5.41, 5.74) is 3.27. The summed E-state index contributed by atoms with van der Waals surface area (Å²) in [6.07, 6.45) is 0.727. The van der Waals surface area contributed by atoms with Crippen molar-refractivity contribution in [3.05, 3.63) is 76.6 Å². The van der Waals surface area contributed by atoms with Crippen LogP contribution in [0.15, 0.2) is 54.6 Å². The van der Waals surface area contributed by atoms with Gasteiger partial charge in [-0.2, -0.15) is 5.10 Å². The van der Waals surface area contributed by atoms with E-state index >= 15 is 0 Å². The van der Waals surface area contributed by atoms with Gasteiger partial charge in [0.25, 0.3) is 0 Å². The predicted octanol–water partition coefficient (Wildman–Crippen LogP) is 4.28. The van der Waals surface area contributed by atoms with Crippen molar-refractivity contribution in [2.75, 3.05) is 33.4 Å². The molecular weight excluding hydrogens is 414 g/mol. The highest BCUT2D eigenvalue weighted by atomic mass is 35.5. The smallest absolute Gasteiger partial charge is 0.123 e. The molecule has 1 saturated heterocycles. The number of ether oxygens (including phenoxy) is 3. The van der Waals surface area contributed by atoms with Crippen LogP contribution < -0.4 is 9.47 Å². The topological polar surface area (TPSA) is 48.8 Å². The van der Waals surface area contributed by atoms with Crippen LogP contribution in [-0.4, -0.2) is 48.1 Å². The van der Waals surface area contributed by atoms with Crippen LogP contribution in [-0.2, 0) is 24.8 Å². The molecule has 1 aliphatic rings. The van der Waals surface area contributed by atoms with E-state index in [0.717, 1.165) is 48.9 Å². The molecule has 164 valence electrons. The normalized spacial score (nSPS) is 16.9. The molecule has 0 amide bonds. The molecule has 0 radical (unpaired) electrons. The Morgan fingerprint density at radius 2 is 1.97 bits per heavy atom. The van der Waals surface area contributed by atoms with Gasteiger partial charge in [-0.25, -0.2) is 0 Å². The van der Waals surface area contributed by atoms with Crippen molar-refractivity contribution in [2.24, 2.45) is 7.05 Å². The first-order valence-electron chi connectivity index (χ1n) is 10.5. The summed E-state index contributed by atoms with van der Waals surface area (Å²) >= 11 is 5.92. The van der Waals surface area contributed by atoms with Crippen LogP contribution in [0, 0.1) is 0 Å².